The molecular formula is C24H24N2O6S. The Labute approximate surface area is 192 Å². The summed E-state index contributed by atoms with van der Waals surface area (Å²) in [5, 5.41) is 2.81. The molecule has 3 aromatic carbocycles. The second-order valence-corrected chi connectivity index (χ2v) is 9.18. The van der Waals surface area contributed by atoms with E-state index in [2.05, 4.69) is 5.32 Å². The molecule has 1 aliphatic rings. The number of morpholine rings is 1. The minimum Gasteiger partial charge on any atom is -0.496 e. The molecule has 1 aliphatic heterocycles. The number of nitrogens with one attached hydrogen (secondary N) is 1. The zero-order chi connectivity index (χ0) is 23.3. The minimum atomic E-state index is -3.77. The number of sulfonamides is 1. The topological polar surface area (TPSA) is 94.2 Å². The van der Waals surface area contributed by atoms with Gasteiger partial charge in [0.2, 0.25) is 10.0 Å². The van der Waals surface area contributed by atoms with E-state index in [0.29, 0.717) is 30.4 Å². The van der Waals surface area contributed by atoms with Gasteiger partial charge in [-0.3, -0.25) is 4.79 Å². The predicted molar refractivity (Wildman–Crippen MR) is 123 cm³/mol. The van der Waals surface area contributed by atoms with E-state index in [0.717, 1.165) is 0 Å². The Morgan fingerprint density at radius 1 is 0.939 bits per heavy atom. The second kappa shape index (κ2) is 10.0. The summed E-state index contributed by atoms with van der Waals surface area (Å²) in [7, 11) is -2.35. The Hall–Kier alpha value is -3.40. The number of para-hydroxylation sites is 3. The van der Waals surface area contributed by atoms with Crippen molar-refractivity contribution in [1.29, 1.82) is 0 Å². The lowest BCUT2D eigenvalue weighted by Crippen LogP contribution is -2.40. The zero-order valence-electron chi connectivity index (χ0n) is 18.1. The first-order valence-corrected chi connectivity index (χ1v) is 11.8. The van der Waals surface area contributed by atoms with E-state index < -0.39 is 15.9 Å². The molecule has 0 unspecified atom stereocenters. The quantitative estimate of drug-likeness (QED) is 0.568. The third kappa shape index (κ3) is 5.16. The zero-order valence-corrected chi connectivity index (χ0v) is 18.9. The smallest absolute Gasteiger partial charge is 0.259 e. The van der Waals surface area contributed by atoms with Crippen LogP contribution in [0.15, 0.2) is 77.7 Å². The van der Waals surface area contributed by atoms with Crippen molar-refractivity contribution < 1.29 is 27.4 Å². The van der Waals surface area contributed by atoms with Crippen LogP contribution in [0.25, 0.3) is 0 Å². The molecule has 0 saturated carbocycles. The summed E-state index contributed by atoms with van der Waals surface area (Å²) < 4.78 is 43.9. The summed E-state index contributed by atoms with van der Waals surface area (Å²) in [6.45, 7) is 1.20. The van der Waals surface area contributed by atoms with Crippen LogP contribution in [0.4, 0.5) is 5.69 Å². The van der Waals surface area contributed by atoms with E-state index in [-0.39, 0.29) is 29.3 Å². The Bertz CT molecular complexity index is 1220. The maximum atomic E-state index is 13.2. The number of nitrogens with zero attached hydrogens (tertiary/aromatic N) is 1. The van der Waals surface area contributed by atoms with Crippen molar-refractivity contribution in [2.45, 2.75) is 4.90 Å². The monoisotopic (exact) mass is 468 g/mol. The van der Waals surface area contributed by atoms with E-state index in [1.807, 2.05) is 30.3 Å². The fourth-order valence-corrected chi connectivity index (χ4v) is 4.86. The van der Waals surface area contributed by atoms with Crippen LogP contribution in [-0.4, -0.2) is 52.0 Å². The van der Waals surface area contributed by atoms with Crippen LogP contribution in [-0.2, 0) is 14.8 Å². The van der Waals surface area contributed by atoms with Gasteiger partial charge in [0.1, 0.15) is 11.5 Å². The number of ether oxygens (including phenoxy) is 3. The molecule has 1 N–H and O–H groups in total. The van der Waals surface area contributed by atoms with E-state index in [1.165, 1.54) is 29.6 Å². The Morgan fingerprint density at radius 3 is 2.36 bits per heavy atom. The van der Waals surface area contributed by atoms with Gasteiger partial charge in [-0.25, -0.2) is 8.42 Å². The van der Waals surface area contributed by atoms with Crippen molar-refractivity contribution in [1.82, 2.24) is 4.31 Å². The lowest BCUT2D eigenvalue weighted by atomic mass is 10.1. The van der Waals surface area contributed by atoms with Gasteiger partial charge in [-0.05, 0) is 42.5 Å². The van der Waals surface area contributed by atoms with Gasteiger partial charge in [0.05, 0.1) is 36.5 Å². The first kappa shape index (κ1) is 22.8. The highest BCUT2D eigenvalue weighted by atomic mass is 32.2. The number of amides is 1. The van der Waals surface area contributed by atoms with Crippen molar-refractivity contribution in [3.63, 3.8) is 0 Å². The van der Waals surface area contributed by atoms with Crippen molar-refractivity contribution in [3.05, 3.63) is 78.4 Å². The highest BCUT2D eigenvalue weighted by molar-refractivity contribution is 7.89. The number of benzene rings is 3. The normalized spacial score (nSPS) is 14.5. The highest BCUT2D eigenvalue weighted by Crippen LogP contribution is 2.31. The van der Waals surface area contributed by atoms with Crippen molar-refractivity contribution in [2.24, 2.45) is 0 Å². The van der Waals surface area contributed by atoms with Gasteiger partial charge < -0.3 is 19.5 Å². The first-order valence-electron chi connectivity index (χ1n) is 10.4. The SMILES string of the molecule is COc1ccc(S(=O)(=O)N2CCOCC2)cc1C(=O)Nc1ccccc1Oc1ccccc1. The third-order valence-electron chi connectivity index (χ3n) is 5.13. The largest absolute Gasteiger partial charge is 0.496 e. The Morgan fingerprint density at radius 2 is 1.64 bits per heavy atom. The summed E-state index contributed by atoms with van der Waals surface area (Å²) in [6, 6.07) is 20.4. The molecule has 0 radical (unpaired) electrons. The number of methoxy groups -OCH3 is 1. The molecule has 8 nitrogen and oxygen atoms in total. The minimum absolute atomic E-state index is 0.0178. The molecule has 0 bridgehead atoms. The molecule has 1 saturated heterocycles. The van der Waals surface area contributed by atoms with Crippen molar-refractivity contribution >= 4 is 21.6 Å². The average molecular weight is 469 g/mol. The molecule has 1 heterocycles. The number of anilines is 1. The molecule has 3 aromatic rings. The van der Waals surface area contributed by atoms with Crippen LogP contribution in [0.1, 0.15) is 10.4 Å². The molecule has 172 valence electrons. The second-order valence-electron chi connectivity index (χ2n) is 7.24. The summed E-state index contributed by atoms with van der Waals surface area (Å²) in [6.07, 6.45) is 0. The summed E-state index contributed by atoms with van der Waals surface area (Å²) in [5.41, 5.74) is 0.538. The maximum Gasteiger partial charge on any atom is 0.259 e. The van der Waals surface area contributed by atoms with Crippen LogP contribution in [0.2, 0.25) is 0 Å². The van der Waals surface area contributed by atoms with Gasteiger partial charge in [-0.2, -0.15) is 4.31 Å². The van der Waals surface area contributed by atoms with Gasteiger partial charge in [0.25, 0.3) is 5.91 Å². The van der Waals surface area contributed by atoms with Crippen molar-refractivity contribution in [2.75, 3.05) is 38.7 Å². The lowest BCUT2D eigenvalue weighted by molar-refractivity contribution is 0.0730. The maximum absolute atomic E-state index is 13.2. The molecule has 4 rings (SSSR count). The van der Waals surface area contributed by atoms with Crippen molar-refractivity contribution in [3.8, 4) is 17.2 Å². The number of hydrogen-bond acceptors (Lipinski definition) is 6. The molecule has 0 atom stereocenters. The molecule has 1 amide bonds. The average Bonchev–Trinajstić information content (AvgIpc) is 2.86. The number of hydrogen-bond donors (Lipinski definition) is 1. The molecule has 9 heteroatoms. The van der Waals surface area contributed by atoms with Crippen LogP contribution in [0, 0.1) is 0 Å². The number of rotatable bonds is 7. The van der Waals surface area contributed by atoms with Gasteiger partial charge in [-0.1, -0.05) is 30.3 Å². The number of carbonyl (C=O) groups excluding carboxylic acids is 1. The molecule has 1 fully saturated rings. The van der Waals surface area contributed by atoms with E-state index >= 15 is 0 Å². The fourth-order valence-electron chi connectivity index (χ4n) is 3.43. The van der Waals surface area contributed by atoms with Crippen LogP contribution in [0.3, 0.4) is 0 Å². The Balaban J connectivity index is 1.62. The lowest BCUT2D eigenvalue weighted by Gasteiger charge is -2.26. The standard InChI is InChI=1S/C24H24N2O6S/c1-30-22-12-11-19(33(28,29)26-13-15-31-16-14-26)17-20(22)24(27)25-21-9-5-6-10-23(21)32-18-7-3-2-4-8-18/h2-12,17H,13-16H2,1H3,(H,25,27). The summed E-state index contributed by atoms with van der Waals surface area (Å²) in [4.78, 5) is 13.2. The van der Waals surface area contributed by atoms with Gasteiger partial charge >= 0.3 is 0 Å². The molecule has 0 spiro atoms. The van der Waals surface area contributed by atoms with E-state index in [1.54, 1.807) is 24.3 Å². The summed E-state index contributed by atoms with van der Waals surface area (Å²) >= 11 is 0. The predicted octanol–water partition coefficient (Wildman–Crippen LogP) is 3.76. The Kier molecular flexibility index (Phi) is 6.93. The molecule has 0 aromatic heterocycles. The highest BCUT2D eigenvalue weighted by Gasteiger charge is 2.28. The molecular weight excluding hydrogens is 444 g/mol. The van der Waals surface area contributed by atoms with Crippen LogP contribution >= 0.6 is 0 Å². The number of carbonyl (C=O) groups is 1. The third-order valence-corrected chi connectivity index (χ3v) is 7.02. The molecule has 33 heavy (non-hydrogen) atoms. The van der Waals surface area contributed by atoms with Gasteiger partial charge in [0, 0.05) is 13.1 Å². The summed E-state index contributed by atoms with van der Waals surface area (Å²) in [5.74, 6) is 0.813. The van der Waals surface area contributed by atoms with Gasteiger partial charge in [-0.15, -0.1) is 0 Å². The first-order chi connectivity index (χ1) is 16.0. The van der Waals surface area contributed by atoms with Crippen LogP contribution in [0.5, 0.6) is 17.2 Å². The van der Waals surface area contributed by atoms with Gasteiger partial charge in [0.15, 0.2) is 5.75 Å². The van der Waals surface area contributed by atoms with E-state index in [9.17, 15) is 13.2 Å². The molecule has 0 aliphatic carbocycles. The fraction of sp³-hybridized carbons (Fsp3) is 0.208. The van der Waals surface area contributed by atoms with Crippen LogP contribution < -0.4 is 14.8 Å². The van der Waals surface area contributed by atoms with E-state index in [4.69, 9.17) is 14.2 Å².